The summed E-state index contributed by atoms with van der Waals surface area (Å²) in [5.74, 6) is -0.0701. The Labute approximate surface area is 192 Å². The van der Waals surface area contributed by atoms with Gasteiger partial charge in [-0.25, -0.2) is 4.79 Å². The normalized spacial score (nSPS) is 11.5. The van der Waals surface area contributed by atoms with Gasteiger partial charge in [-0.05, 0) is 57.4 Å². The predicted octanol–water partition coefficient (Wildman–Crippen LogP) is 4.40. The smallest absolute Gasteiger partial charge is 0.493 e. The van der Waals surface area contributed by atoms with Gasteiger partial charge in [0.25, 0.3) is 0 Å². The highest BCUT2D eigenvalue weighted by molar-refractivity contribution is 6.60. The lowest BCUT2D eigenvalue weighted by atomic mass is 10.2. The second-order valence-corrected chi connectivity index (χ2v) is 9.52. The Bertz CT molecular complexity index is 718. The van der Waals surface area contributed by atoms with Gasteiger partial charge >= 0.3 is 20.7 Å². The summed E-state index contributed by atoms with van der Waals surface area (Å²) in [5.41, 5.74) is 0.683. The first-order valence-corrected chi connectivity index (χ1v) is 12.9. The number of hydrogen-bond donors (Lipinski definition) is 0. The monoisotopic (exact) mass is 468 g/mol. The molecule has 32 heavy (non-hydrogen) atoms. The van der Waals surface area contributed by atoms with Crippen LogP contribution in [0.5, 0.6) is 11.5 Å². The molecular formula is C23H36O8Si. The minimum absolute atomic E-state index is 0.276. The molecule has 1 rings (SSSR count). The van der Waals surface area contributed by atoms with Gasteiger partial charge in [0.05, 0.1) is 14.2 Å². The summed E-state index contributed by atoms with van der Waals surface area (Å²) >= 11 is 0. The summed E-state index contributed by atoms with van der Waals surface area (Å²) in [6, 6.07) is 5.79. The van der Waals surface area contributed by atoms with Crippen LogP contribution in [0.4, 0.5) is 0 Å². The molecule has 0 bridgehead atoms. The molecule has 1 aromatic rings. The number of carbonyl (C=O) groups is 2. The largest absolute Gasteiger partial charge is 0.500 e. The van der Waals surface area contributed by atoms with Crippen LogP contribution in [0.15, 0.2) is 24.3 Å². The van der Waals surface area contributed by atoms with Crippen molar-refractivity contribution in [2.24, 2.45) is 0 Å². The van der Waals surface area contributed by atoms with Crippen LogP contribution in [0.1, 0.15) is 52.0 Å². The Balaban J connectivity index is 2.58. The number of rotatable bonds is 16. The average molecular weight is 469 g/mol. The zero-order chi connectivity index (χ0) is 23.8. The van der Waals surface area contributed by atoms with Crippen molar-refractivity contribution in [3.8, 4) is 11.5 Å². The topological polar surface area (TPSA) is 89.5 Å². The minimum atomic E-state index is -2.64. The molecule has 180 valence electrons. The third-order valence-corrected chi connectivity index (χ3v) is 7.63. The van der Waals surface area contributed by atoms with Gasteiger partial charge in [0.15, 0.2) is 11.5 Å². The van der Waals surface area contributed by atoms with E-state index >= 15 is 0 Å². The highest BCUT2D eigenvalue weighted by Gasteiger charge is 2.39. The van der Waals surface area contributed by atoms with Gasteiger partial charge < -0.3 is 27.5 Å². The number of hydrogen-bond acceptors (Lipinski definition) is 8. The van der Waals surface area contributed by atoms with Crippen LogP contribution in [-0.4, -0.2) is 54.8 Å². The third-order valence-electron chi connectivity index (χ3n) is 4.48. The van der Waals surface area contributed by atoms with Crippen LogP contribution in [0.3, 0.4) is 0 Å². The number of esters is 2. The summed E-state index contributed by atoms with van der Waals surface area (Å²) in [5, 5.41) is 0. The first-order chi connectivity index (χ1) is 15.4. The van der Waals surface area contributed by atoms with E-state index in [2.05, 4.69) is 4.74 Å². The number of carbonyl (C=O) groups excluding carboxylic acids is 2. The standard InChI is InChI=1S/C23H36O8Si/c1-6-28-32(29-7-2,30-8-3)17-11-9-10-12-23(25)31-21-18-19(13-15-20(21)26-4)14-16-22(24)27-5/h13-16,18H,6-12,17H2,1-5H3/b16-14+. The van der Waals surface area contributed by atoms with Gasteiger partial charge in [-0.2, -0.15) is 0 Å². The van der Waals surface area contributed by atoms with Crippen LogP contribution >= 0.6 is 0 Å². The average Bonchev–Trinajstić information content (AvgIpc) is 2.78. The van der Waals surface area contributed by atoms with Crippen LogP contribution in [0.25, 0.3) is 6.08 Å². The molecule has 0 radical (unpaired) electrons. The molecule has 0 heterocycles. The lowest BCUT2D eigenvalue weighted by molar-refractivity contribution is -0.135. The Hall–Kier alpha value is -2.20. The maximum Gasteiger partial charge on any atom is 0.500 e. The lowest BCUT2D eigenvalue weighted by Gasteiger charge is -2.28. The van der Waals surface area contributed by atoms with Crippen molar-refractivity contribution in [1.29, 1.82) is 0 Å². The second kappa shape index (κ2) is 15.6. The fraction of sp³-hybridized carbons (Fsp3) is 0.565. The molecule has 0 fully saturated rings. The lowest BCUT2D eigenvalue weighted by Crippen LogP contribution is -2.45. The van der Waals surface area contributed by atoms with E-state index in [-0.39, 0.29) is 12.4 Å². The van der Waals surface area contributed by atoms with Crippen molar-refractivity contribution in [3.05, 3.63) is 29.8 Å². The zero-order valence-electron chi connectivity index (χ0n) is 19.8. The molecule has 0 aromatic heterocycles. The van der Waals surface area contributed by atoms with Crippen molar-refractivity contribution >= 4 is 26.8 Å². The summed E-state index contributed by atoms with van der Waals surface area (Å²) < 4.78 is 32.9. The second-order valence-electron chi connectivity index (χ2n) is 6.78. The Morgan fingerprint density at radius 2 is 1.56 bits per heavy atom. The van der Waals surface area contributed by atoms with Crippen molar-refractivity contribution in [2.45, 2.75) is 52.5 Å². The van der Waals surface area contributed by atoms with E-state index < -0.39 is 14.8 Å². The summed E-state index contributed by atoms with van der Waals surface area (Å²) in [4.78, 5) is 23.6. The first kappa shape index (κ1) is 27.8. The SMILES string of the molecule is CCO[Si](CCCCCC(=O)Oc1cc(/C=C/C(=O)OC)ccc1OC)(OCC)OCC. The number of methoxy groups -OCH3 is 2. The van der Waals surface area contributed by atoms with E-state index in [0.717, 1.165) is 18.9 Å². The zero-order valence-corrected chi connectivity index (χ0v) is 20.8. The molecule has 0 amide bonds. The molecule has 1 aromatic carbocycles. The Morgan fingerprint density at radius 3 is 2.12 bits per heavy atom. The molecule has 0 unspecified atom stereocenters. The Kier molecular flexibility index (Phi) is 13.5. The van der Waals surface area contributed by atoms with Crippen molar-refractivity contribution in [3.63, 3.8) is 0 Å². The van der Waals surface area contributed by atoms with E-state index in [4.69, 9.17) is 22.8 Å². The molecule has 0 atom stereocenters. The van der Waals surface area contributed by atoms with E-state index in [1.165, 1.54) is 20.3 Å². The molecular weight excluding hydrogens is 432 g/mol. The van der Waals surface area contributed by atoms with Crippen LogP contribution in [-0.2, 0) is 27.6 Å². The predicted molar refractivity (Wildman–Crippen MR) is 124 cm³/mol. The van der Waals surface area contributed by atoms with Gasteiger partial charge in [0, 0.05) is 38.4 Å². The maximum absolute atomic E-state index is 12.3. The summed E-state index contributed by atoms with van der Waals surface area (Å²) in [6.45, 7) is 7.45. The highest BCUT2D eigenvalue weighted by Crippen LogP contribution is 2.29. The van der Waals surface area contributed by atoms with Crippen molar-refractivity contribution < 1.29 is 37.1 Å². The molecule has 0 N–H and O–H groups in total. The third kappa shape index (κ3) is 9.95. The molecule has 9 heteroatoms. The fourth-order valence-corrected chi connectivity index (χ4v) is 5.76. The van der Waals surface area contributed by atoms with Gasteiger partial charge in [0.2, 0.25) is 0 Å². The first-order valence-electron chi connectivity index (χ1n) is 11.0. The van der Waals surface area contributed by atoms with E-state index in [0.29, 0.717) is 43.3 Å². The van der Waals surface area contributed by atoms with Gasteiger partial charge in [0.1, 0.15) is 0 Å². The van der Waals surface area contributed by atoms with Crippen LogP contribution in [0, 0.1) is 0 Å². The molecule has 0 saturated heterocycles. The van der Waals surface area contributed by atoms with E-state index in [1.54, 1.807) is 24.3 Å². The number of ether oxygens (including phenoxy) is 3. The molecule has 0 aliphatic carbocycles. The highest BCUT2D eigenvalue weighted by atomic mass is 28.4. The van der Waals surface area contributed by atoms with Crippen LogP contribution in [0.2, 0.25) is 6.04 Å². The Morgan fingerprint density at radius 1 is 0.906 bits per heavy atom. The van der Waals surface area contributed by atoms with Crippen molar-refractivity contribution in [2.75, 3.05) is 34.0 Å². The molecule has 0 saturated carbocycles. The number of unbranched alkanes of at least 4 members (excludes halogenated alkanes) is 2. The van der Waals surface area contributed by atoms with Gasteiger partial charge in [-0.1, -0.05) is 12.5 Å². The van der Waals surface area contributed by atoms with E-state index in [1.807, 2.05) is 20.8 Å². The minimum Gasteiger partial charge on any atom is -0.493 e. The summed E-state index contributed by atoms with van der Waals surface area (Å²) in [7, 11) is 0.165. The molecule has 0 aliphatic rings. The fourth-order valence-electron chi connectivity index (χ4n) is 3.07. The molecule has 0 spiro atoms. The van der Waals surface area contributed by atoms with Gasteiger partial charge in [-0.3, -0.25) is 4.79 Å². The number of benzene rings is 1. The van der Waals surface area contributed by atoms with Crippen molar-refractivity contribution in [1.82, 2.24) is 0 Å². The summed E-state index contributed by atoms with van der Waals surface area (Å²) in [6.07, 6.45) is 5.50. The van der Waals surface area contributed by atoms with Crippen LogP contribution < -0.4 is 9.47 Å². The van der Waals surface area contributed by atoms with E-state index in [9.17, 15) is 9.59 Å². The van der Waals surface area contributed by atoms with Gasteiger partial charge in [-0.15, -0.1) is 0 Å². The molecule has 8 nitrogen and oxygen atoms in total. The quantitative estimate of drug-likeness (QED) is 0.116. The molecule has 0 aliphatic heterocycles. The maximum atomic E-state index is 12.3.